The van der Waals surface area contributed by atoms with Crippen LogP contribution >= 0.6 is 23.2 Å². The number of fused-ring (bicyclic) bond motifs is 1. The molecule has 124 valence electrons. The summed E-state index contributed by atoms with van der Waals surface area (Å²) >= 11 is 12.6. The van der Waals surface area contributed by atoms with Crippen LogP contribution in [-0.4, -0.2) is 32.7 Å². The number of hydrogen-bond donors (Lipinski definition) is 0. The maximum Gasteiger partial charge on any atom is 0.165 e. The second-order valence-corrected chi connectivity index (χ2v) is 6.68. The second-order valence-electron chi connectivity index (χ2n) is 5.92. The van der Waals surface area contributed by atoms with Crippen LogP contribution in [0, 0.1) is 5.92 Å². The molecule has 5 nitrogen and oxygen atoms in total. The van der Waals surface area contributed by atoms with Crippen molar-refractivity contribution < 1.29 is 4.74 Å². The lowest BCUT2D eigenvalue weighted by molar-refractivity contribution is 0.0617. The summed E-state index contributed by atoms with van der Waals surface area (Å²) in [5.41, 5.74) is 2.23. The summed E-state index contributed by atoms with van der Waals surface area (Å²) in [7, 11) is 0. The molecule has 3 aromatic rings. The SMILES string of the molecule is Clc1ccccc1-c1nc2c(Cl)ncnc2n1CC1CCOCC1. The van der Waals surface area contributed by atoms with Gasteiger partial charge in [0.15, 0.2) is 10.8 Å². The summed E-state index contributed by atoms with van der Waals surface area (Å²) in [6.45, 7) is 2.41. The molecule has 1 aliphatic heterocycles. The van der Waals surface area contributed by atoms with Crippen molar-refractivity contribution in [3.8, 4) is 11.4 Å². The molecule has 4 rings (SSSR count). The highest BCUT2D eigenvalue weighted by Crippen LogP contribution is 2.32. The summed E-state index contributed by atoms with van der Waals surface area (Å²) in [5, 5.41) is 1.02. The van der Waals surface area contributed by atoms with E-state index in [2.05, 4.69) is 14.5 Å². The van der Waals surface area contributed by atoms with Gasteiger partial charge >= 0.3 is 0 Å². The van der Waals surface area contributed by atoms with Crippen molar-refractivity contribution >= 4 is 34.4 Å². The van der Waals surface area contributed by atoms with E-state index >= 15 is 0 Å². The smallest absolute Gasteiger partial charge is 0.165 e. The van der Waals surface area contributed by atoms with Gasteiger partial charge in [0.25, 0.3) is 0 Å². The number of rotatable bonds is 3. The Morgan fingerprint density at radius 2 is 1.92 bits per heavy atom. The molecule has 3 heterocycles. The third-order valence-corrected chi connectivity index (χ3v) is 4.99. The highest BCUT2D eigenvalue weighted by Gasteiger charge is 2.22. The van der Waals surface area contributed by atoms with Crippen LogP contribution in [0.25, 0.3) is 22.6 Å². The molecular formula is C17H16Cl2N4O. The molecule has 1 aliphatic rings. The van der Waals surface area contributed by atoms with E-state index in [1.54, 1.807) is 0 Å². The lowest BCUT2D eigenvalue weighted by Crippen LogP contribution is -2.21. The Morgan fingerprint density at radius 3 is 2.71 bits per heavy atom. The van der Waals surface area contributed by atoms with Crippen LogP contribution in [0.4, 0.5) is 0 Å². The largest absolute Gasteiger partial charge is 0.381 e. The molecular weight excluding hydrogens is 347 g/mol. The van der Waals surface area contributed by atoms with Crippen LogP contribution in [0.3, 0.4) is 0 Å². The Morgan fingerprint density at radius 1 is 1.12 bits per heavy atom. The van der Waals surface area contributed by atoms with Gasteiger partial charge in [0.1, 0.15) is 17.7 Å². The predicted octanol–water partition coefficient (Wildman–Crippen LogP) is 4.23. The zero-order valence-corrected chi connectivity index (χ0v) is 14.5. The first-order valence-electron chi connectivity index (χ1n) is 7.93. The minimum absolute atomic E-state index is 0.360. The maximum absolute atomic E-state index is 6.40. The van der Waals surface area contributed by atoms with Crippen molar-refractivity contribution in [2.75, 3.05) is 13.2 Å². The summed E-state index contributed by atoms with van der Waals surface area (Å²) in [6, 6.07) is 7.68. The molecule has 0 radical (unpaired) electrons. The van der Waals surface area contributed by atoms with Crippen LogP contribution in [0.15, 0.2) is 30.6 Å². The van der Waals surface area contributed by atoms with Crippen LogP contribution < -0.4 is 0 Å². The zero-order valence-electron chi connectivity index (χ0n) is 13.0. The van der Waals surface area contributed by atoms with Crippen molar-refractivity contribution in [2.45, 2.75) is 19.4 Å². The Labute approximate surface area is 149 Å². The lowest BCUT2D eigenvalue weighted by atomic mass is 10.0. The van der Waals surface area contributed by atoms with Crippen molar-refractivity contribution in [3.05, 3.63) is 40.8 Å². The number of imidazole rings is 1. The van der Waals surface area contributed by atoms with E-state index in [0.717, 1.165) is 49.6 Å². The molecule has 0 atom stereocenters. The van der Waals surface area contributed by atoms with E-state index < -0.39 is 0 Å². The molecule has 0 N–H and O–H groups in total. The minimum Gasteiger partial charge on any atom is -0.381 e. The first-order chi connectivity index (χ1) is 11.7. The van der Waals surface area contributed by atoms with Crippen molar-refractivity contribution in [2.24, 2.45) is 5.92 Å². The first kappa shape index (κ1) is 15.8. The van der Waals surface area contributed by atoms with Crippen molar-refractivity contribution in [3.63, 3.8) is 0 Å². The fourth-order valence-corrected chi connectivity index (χ4v) is 3.51. The Balaban J connectivity index is 1.86. The molecule has 0 saturated carbocycles. The third-order valence-electron chi connectivity index (χ3n) is 4.38. The molecule has 0 aliphatic carbocycles. The molecule has 1 aromatic carbocycles. The zero-order chi connectivity index (χ0) is 16.5. The van der Waals surface area contributed by atoms with Gasteiger partial charge in [-0.25, -0.2) is 15.0 Å². The molecule has 7 heteroatoms. The second kappa shape index (κ2) is 6.67. The fourth-order valence-electron chi connectivity index (χ4n) is 3.12. The van der Waals surface area contributed by atoms with Crippen molar-refractivity contribution in [1.29, 1.82) is 0 Å². The normalized spacial score (nSPS) is 15.9. The average molecular weight is 363 g/mol. The van der Waals surface area contributed by atoms with Crippen molar-refractivity contribution in [1.82, 2.24) is 19.5 Å². The maximum atomic E-state index is 6.40. The Hall–Kier alpha value is -1.69. The standard InChI is InChI=1S/C17H16Cl2N4O/c18-13-4-2-1-3-12(13)16-22-14-15(19)20-10-21-17(14)23(16)9-11-5-7-24-8-6-11/h1-4,10-11H,5-9H2. The van der Waals surface area contributed by atoms with Crippen LogP contribution in [0.1, 0.15) is 12.8 Å². The van der Waals surface area contributed by atoms with Gasteiger partial charge in [-0.05, 0) is 30.9 Å². The van der Waals surface area contributed by atoms with Crippen LogP contribution in [0.5, 0.6) is 0 Å². The summed E-state index contributed by atoms with van der Waals surface area (Å²) in [4.78, 5) is 13.2. The molecule has 0 bridgehead atoms. The fraction of sp³-hybridized carbons (Fsp3) is 0.353. The summed E-state index contributed by atoms with van der Waals surface area (Å²) in [6.07, 6.45) is 3.53. The van der Waals surface area contributed by atoms with Gasteiger partial charge in [-0.15, -0.1) is 0 Å². The van der Waals surface area contributed by atoms with Gasteiger partial charge in [0.2, 0.25) is 0 Å². The van der Waals surface area contributed by atoms with Gasteiger partial charge in [-0.2, -0.15) is 0 Å². The van der Waals surface area contributed by atoms with Gasteiger partial charge < -0.3 is 9.30 Å². The summed E-state index contributed by atoms with van der Waals surface area (Å²) in [5.74, 6) is 1.30. The van der Waals surface area contributed by atoms with E-state index in [1.807, 2.05) is 24.3 Å². The topological polar surface area (TPSA) is 52.8 Å². The average Bonchev–Trinajstić information content (AvgIpc) is 2.96. The van der Waals surface area contributed by atoms with E-state index in [0.29, 0.717) is 21.6 Å². The van der Waals surface area contributed by atoms with Crippen LogP contribution in [-0.2, 0) is 11.3 Å². The molecule has 1 saturated heterocycles. The molecule has 0 amide bonds. The van der Waals surface area contributed by atoms with Gasteiger partial charge in [0.05, 0.1) is 5.02 Å². The Bertz CT molecular complexity index is 874. The monoisotopic (exact) mass is 362 g/mol. The van der Waals surface area contributed by atoms with E-state index in [-0.39, 0.29) is 0 Å². The summed E-state index contributed by atoms with van der Waals surface area (Å²) < 4.78 is 7.58. The molecule has 1 fully saturated rings. The molecule has 0 spiro atoms. The van der Waals surface area contributed by atoms with E-state index in [1.165, 1.54) is 6.33 Å². The first-order valence-corrected chi connectivity index (χ1v) is 8.69. The minimum atomic E-state index is 0.360. The molecule has 2 aromatic heterocycles. The predicted molar refractivity (Wildman–Crippen MR) is 94.3 cm³/mol. The van der Waals surface area contributed by atoms with Crippen LogP contribution in [0.2, 0.25) is 10.2 Å². The van der Waals surface area contributed by atoms with Gasteiger partial charge in [-0.3, -0.25) is 0 Å². The number of aromatic nitrogens is 4. The third kappa shape index (κ3) is 2.88. The number of hydrogen-bond acceptors (Lipinski definition) is 4. The highest BCUT2D eigenvalue weighted by molar-refractivity contribution is 6.34. The lowest BCUT2D eigenvalue weighted by Gasteiger charge is -2.23. The van der Waals surface area contributed by atoms with Gasteiger partial charge in [0, 0.05) is 25.3 Å². The molecule has 24 heavy (non-hydrogen) atoms. The highest BCUT2D eigenvalue weighted by atomic mass is 35.5. The number of ether oxygens (including phenoxy) is 1. The Kier molecular flexibility index (Phi) is 4.39. The quantitative estimate of drug-likeness (QED) is 0.654. The van der Waals surface area contributed by atoms with Gasteiger partial charge in [-0.1, -0.05) is 35.3 Å². The van der Waals surface area contributed by atoms with E-state index in [4.69, 9.17) is 32.9 Å². The number of halogens is 2. The molecule has 0 unspecified atom stereocenters. The number of nitrogens with zero attached hydrogens (tertiary/aromatic N) is 4. The van der Waals surface area contributed by atoms with E-state index in [9.17, 15) is 0 Å². The number of benzene rings is 1.